The maximum absolute atomic E-state index is 12.5. The van der Waals surface area contributed by atoms with Gasteiger partial charge in [-0.05, 0) is 23.9 Å². The average molecular weight is 292 g/mol. The van der Waals surface area contributed by atoms with Gasteiger partial charge in [0.25, 0.3) is 5.76 Å². The predicted molar refractivity (Wildman–Crippen MR) is 69.6 cm³/mol. The summed E-state index contributed by atoms with van der Waals surface area (Å²) in [6.07, 6.45) is 0. The van der Waals surface area contributed by atoms with Crippen LogP contribution in [0, 0.1) is 0 Å². The third kappa shape index (κ3) is 2.62. The van der Waals surface area contributed by atoms with Crippen molar-refractivity contribution < 1.29 is 13.2 Å². The maximum Gasteiger partial charge on any atom is 0.289 e. The van der Waals surface area contributed by atoms with Crippen LogP contribution in [0.25, 0.3) is 11.1 Å². The molecule has 0 bridgehead atoms. The van der Waals surface area contributed by atoms with Crippen molar-refractivity contribution in [3.63, 3.8) is 0 Å². The summed E-state index contributed by atoms with van der Waals surface area (Å²) in [5.41, 5.74) is 0.600. The fourth-order valence-corrected chi connectivity index (χ4v) is 2.36. The van der Waals surface area contributed by atoms with E-state index in [-0.39, 0.29) is 15.3 Å². The summed E-state index contributed by atoms with van der Waals surface area (Å²) in [5.74, 6) is -2.04. The van der Waals surface area contributed by atoms with Crippen molar-refractivity contribution in [2.24, 2.45) is 0 Å². The molecule has 2 nitrogen and oxygen atoms in total. The molecule has 0 radical (unpaired) electrons. The molecule has 0 aliphatic carbocycles. The number of alkyl halides is 2. The molecule has 0 atom stereocenters. The molecule has 98 valence electrons. The molecule has 0 saturated heterocycles. The molecule has 0 aliphatic rings. The fraction of sp³-hybridized carbons (Fsp3) is 0.417. The molecular formula is C12H12ClF2NOS. The SMILES string of the molecule is CC(C)(C)c1nc2ccc(Cl)c(SC(F)F)c2o1. The van der Waals surface area contributed by atoms with Gasteiger partial charge >= 0.3 is 0 Å². The first-order chi connectivity index (χ1) is 8.29. The molecule has 0 spiro atoms. The normalized spacial score (nSPS) is 12.6. The van der Waals surface area contributed by atoms with E-state index in [1.165, 1.54) is 0 Å². The van der Waals surface area contributed by atoms with E-state index >= 15 is 0 Å². The van der Waals surface area contributed by atoms with E-state index in [1.807, 2.05) is 20.8 Å². The first-order valence-electron chi connectivity index (χ1n) is 5.33. The van der Waals surface area contributed by atoms with Crippen LogP contribution in [0.4, 0.5) is 8.78 Å². The molecule has 0 aliphatic heterocycles. The standard InChI is InChI=1S/C12H12ClF2NOS/c1-12(2,3)10-16-7-5-4-6(13)9(8(7)17-10)18-11(14)15/h4-5,11H,1-3H3. The average Bonchev–Trinajstić information content (AvgIpc) is 2.65. The van der Waals surface area contributed by atoms with Gasteiger partial charge in [-0.1, -0.05) is 32.4 Å². The summed E-state index contributed by atoms with van der Waals surface area (Å²) in [4.78, 5) is 4.55. The van der Waals surface area contributed by atoms with Crippen LogP contribution >= 0.6 is 23.4 Å². The van der Waals surface area contributed by atoms with Gasteiger partial charge in [-0.15, -0.1) is 0 Å². The Hall–Kier alpha value is -0.810. The van der Waals surface area contributed by atoms with Gasteiger partial charge < -0.3 is 4.42 Å². The molecule has 6 heteroatoms. The first kappa shape index (κ1) is 13.6. The van der Waals surface area contributed by atoms with Crippen LogP contribution in [-0.4, -0.2) is 10.7 Å². The van der Waals surface area contributed by atoms with Crippen molar-refractivity contribution in [3.8, 4) is 0 Å². The van der Waals surface area contributed by atoms with Gasteiger partial charge in [0.1, 0.15) is 5.52 Å². The summed E-state index contributed by atoms with van der Waals surface area (Å²) < 4.78 is 30.6. The topological polar surface area (TPSA) is 26.0 Å². The second-order valence-electron chi connectivity index (χ2n) is 4.87. The number of rotatable bonds is 2. The number of fused-ring (bicyclic) bond motifs is 1. The number of benzene rings is 1. The van der Waals surface area contributed by atoms with Crippen LogP contribution in [0.5, 0.6) is 0 Å². The third-order valence-corrected chi connectivity index (χ3v) is 3.56. The van der Waals surface area contributed by atoms with Gasteiger partial charge in [0.2, 0.25) is 5.89 Å². The lowest BCUT2D eigenvalue weighted by Gasteiger charge is -2.11. The quantitative estimate of drug-likeness (QED) is 0.721. The molecule has 0 N–H and O–H groups in total. The van der Waals surface area contributed by atoms with E-state index in [9.17, 15) is 8.78 Å². The molecular weight excluding hydrogens is 280 g/mol. The van der Waals surface area contributed by atoms with Crippen molar-refractivity contribution in [1.29, 1.82) is 0 Å². The highest BCUT2D eigenvalue weighted by Gasteiger charge is 2.24. The highest BCUT2D eigenvalue weighted by atomic mass is 35.5. The summed E-state index contributed by atoms with van der Waals surface area (Å²) in [6, 6.07) is 3.23. The van der Waals surface area contributed by atoms with E-state index in [1.54, 1.807) is 12.1 Å². The molecule has 18 heavy (non-hydrogen) atoms. The number of hydrogen-bond donors (Lipinski definition) is 0. The molecule has 2 rings (SSSR count). The summed E-state index contributed by atoms with van der Waals surface area (Å²) >= 11 is 6.31. The molecule has 0 unspecified atom stereocenters. The number of hydrogen-bond acceptors (Lipinski definition) is 3. The van der Waals surface area contributed by atoms with Crippen LogP contribution in [0.2, 0.25) is 5.02 Å². The second kappa shape index (κ2) is 4.70. The summed E-state index contributed by atoms with van der Waals surface area (Å²) in [5, 5.41) is 0.254. The summed E-state index contributed by atoms with van der Waals surface area (Å²) in [6.45, 7) is 5.83. The zero-order valence-electron chi connectivity index (χ0n) is 10.1. The Balaban J connectivity index is 2.61. The smallest absolute Gasteiger partial charge is 0.289 e. The van der Waals surface area contributed by atoms with Crippen molar-refractivity contribution >= 4 is 34.5 Å². The molecule has 0 amide bonds. The number of nitrogens with zero attached hydrogens (tertiary/aromatic N) is 1. The van der Waals surface area contributed by atoms with E-state index in [4.69, 9.17) is 16.0 Å². The van der Waals surface area contributed by atoms with Crippen molar-refractivity contribution in [2.45, 2.75) is 36.8 Å². The zero-order valence-corrected chi connectivity index (χ0v) is 11.7. The Morgan fingerprint density at radius 1 is 1.33 bits per heavy atom. The zero-order chi connectivity index (χ0) is 13.5. The first-order valence-corrected chi connectivity index (χ1v) is 6.59. The lowest BCUT2D eigenvalue weighted by molar-refractivity contribution is 0.252. The Morgan fingerprint density at radius 3 is 2.56 bits per heavy atom. The van der Waals surface area contributed by atoms with Crippen LogP contribution < -0.4 is 0 Å². The van der Waals surface area contributed by atoms with E-state index < -0.39 is 5.76 Å². The Morgan fingerprint density at radius 2 is 2.00 bits per heavy atom. The number of aromatic nitrogens is 1. The third-order valence-electron chi connectivity index (χ3n) is 2.31. The fourth-order valence-electron chi connectivity index (χ4n) is 1.46. The van der Waals surface area contributed by atoms with Gasteiger partial charge in [0.05, 0.1) is 9.92 Å². The second-order valence-corrected chi connectivity index (χ2v) is 6.28. The monoisotopic (exact) mass is 291 g/mol. The highest BCUT2D eigenvalue weighted by molar-refractivity contribution is 7.99. The summed E-state index contributed by atoms with van der Waals surface area (Å²) in [7, 11) is 0. The van der Waals surface area contributed by atoms with E-state index in [0.717, 1.165) is 0 Å². The largest absolute Gasteiger partial charge is 0.439 e. The van der Waals surface area contributed by atoms with Gasteiger partial charge in [-0.25, -0.2) is 4.98 Å². The van der Waals surface area contributed by atoms with E-state index in [0.29, 0.717) is 28.8 Å². The molecule has 1 aromatic heterocycles. The number of thioether (sulfide) groups is 1. The number of oxazole rings is 1. The van der Waals surface area contributed by atoms with Crippen LogP contribution in [-0.2, 0) is 5.41 Å². The van der Waals surface area contributed by atoms with Gasteiger partial charge in [-0.3, -0.25) is 0 Å². The predicted octanol–water partition coefficient (Wildman–Crippen LogP) is 5.09. The lowest BCUT2D eigenvalue weighted by atomic mass is 9.97. The molecule has 2 aromatic rings. The van der Waals surface area contributed by atoms with Crippen molar-refractivity contribution in [1.82, 2.24) is 4.98 Å². The van der Waals surface area contributed by atoms with E-state index in [2.05, 4.69) is 4.98 Å². The van der Waals surface area contributed by atoms with Crippen LogP contribution in [0.3, 0.4) is 0 Å². The Kier molecular flexibility index (Phi) is 3.56. The molecule has 0 saturated carbocycles. The minimum absolute atomic E-state index is 0.243. The Labute approximate surface area is 113 Å². The van der Waals surface area contributed by atoms with Gasteiger partial charge in [0.15, 0.2) is 5.58 Å². The molecule has 1 heterocycles. The highest BCUT2D eigenvalue weighted by Crippen LogP contribution is 2.39. The minimum Gasteiger partial charge on any atom is -0.439 e. The van der Waals surface area contributed by atoms with Crippen molar-refractivity contribution in [3.05, 3.63) is 23.0 Å². The maximum atomic E-state index is 12.5. The van der Waals surface area contributed by atoms with Crippen LogP contribution in [0.1, 0.15) is 26.7 Å². The van der Waals surface area contributed by atoms with Crippen molar-refractivity contribution in [2.75, 3.05) is 0 Å². The molecule has 0 fully saturated rings. The number of halogens is 3. The minimum atomic E-state index is -2.55. The lowest BCUT2D eigenvalue weighted by Crippen LogP contribution is -2.10. The van der Waals surface area contributed by atoms with Crippen LogP contribution in [0.15, 0.2) is 21.4 Å². The van der Waals surface area contributed by atoms with Gasteiger partial charge in [0, 0.05) is 5.41 Å². The Bertz CT molecular complexity index is 577. The van der Waals surface area contributed by atoms with Gasteiger partial charge in [-0.2, -0.15) is 8.78 Å². The molecule has 1 aromatic carbocycles.